The first-order chi connectivity index (χ1) is 9.10. The fourth-order valence-electron chi connectivity index (χ4n) is 1.75. The van der Waals surface area contributed by atoms with Gasteiger partial charge in [-0.25, -0.2) is 4.79 Å². The van der Waals surface area contributed by atoms with E-state index >= 15 is 0 Å². The lowest BCUT2D eigenvalue weighted by molar-refractivity contribution is 0.0683. The van der Waals surface area contributed by atoms with Gasteiger partial charge in [0.2, 0.25) is 0 Å². The van der Waals surface area contributed by atoms with Gasteiger partial charge < -0.3 is 9.84 Å². The topological polar surface area (TPSA) is 64.4 Å². The first-order valence-electron chi connectivity index (χ1n) is 6.09. The van der Waals surface area contributed by atoms with E-state index in [9.17, 15) is 4.79 Å². The van der Waals surface area contributed by atoms with Crippen molar-refractivity contribution in [3.05, 3.63) is 47.3 Å². The molecule has 0 fully saturated rings. The van der Waals surface area contributed by atoms with Crippen molar-refractivity contribution in [1.29, 1.82) is 0 Å². The Hall–Kier alpha value is -2.30. The summed E-state index contributed by atoms with van der Waals surface area (Å²) < 4.78 is 7.03. The lowest BCUT2D eigenvalue weighted by atomic mass is 10.2. The van der Waals surface area contributed by atoms with Crippen molar-refractivity contribution < 1.29 is 14.6 Å². The van der Waals surface area contributed by atoms with Crippen LogP contribution in [0, 0.1) is 6.92 Å². The summed E-state index contributed by atoms with van der Waals surface area (Å²) in [6, 6.07) is 9.22. The molecule has 0 aliphatic heterocycles. The Kier molecular flexibility index (Phi) is 3.85. The number of aryl methyl sites for hydroxylation is 2. The van der Waals surface area contributed by atoms with Crippen LogP contribution in [0.4, 0.5) is 0 Å². The Morgan fingerprint density at radius 2 is 2.05 bits per heavy atom. The number of ether oxygens (including phenoxy) is 1. The van der Waals surface area contributed by atoms with Crippen LogP contribution >= 0.6 is 0 Å². The molecule has 2 rings (SSSR count). The zero-order valence-electron chi connectivity index (χ0n) is 11.0. The predicted molar refractivity (Wildman–Crippen MR) is 70.4 cm³/mol. The lowest BCUT2D eigenvalue weighted by Crippen LogP contribution is -2.08. The quantitative estimate of drug-likeness (QED) is 0.897. The van der Waals surface area contributed by atoms with Crippen molar-refractivity contribution >= 4 is 5.97 Å². The van der Waals surface area contributed by atoms with Crippen LogP contribution in [-0.2, 0) is 13.2 Å². The zero-order chi connectivity index (χ0) is 13.8. The maximum atomic E-state index is 11.0. The fourth-order valence-corrected chi connectivity index (χ4v) is 1.75. The molecule has 100 valence electrons. The maximum absolute atomic E-state index is 11.0. The number of carbonyl (C=O) groups is 1. The van der Waals surface area contributed by atoms with Gasteiger partial charge >= 0.3 is 5.97 Å². The highest BCUT2D eigenvalue weighted by atomic mass is 16.5. The molecule has 0 aliphatic carbocycles. The first kappa shape index (κ1) is 13.1. The highest BCUT2D eigenvalue weighted by molar-refractivity contribution is 5.85. The van der Waals surface area contributed by atoms with E-state index in [1.165, 1.54) is 4.68 Å². The third-order valence-electron chi connectivity index (χ3n) is 2.76. The van der Waals surface area contributed by atoms with E-state index in [1.54, 1.807) is 6.07 Å². The Morgan fingerprint density at radius 1 is 1.37 bits per heavy atom. The molecule has 0 amide bonds. The van der Waals surface area contributed by atoms with E-state index in [-0.39, 0.29) is 12.3 Å². The van der Waals surface area contributed by atoms with E-state index in [0.717, 1.165) is 11.3 Å². The SMILES string of the molecule is CCn1nc(COc2ccc(C)cc2)cc1C(=O)O. The maximum Gasteiger partial charge on any atom is 0.354 e. The number of nitrogens with zero attached hydrogens (tertiary/aromatic N) is 2. The highest BCUT2D eigenvalue weighted by Crippen LogP contribution is 2.14. The number of hydrogen-bond donors (Lipinski definition) is 1. The molecule has 0 spiro atoms. The summed E-state index contributed by atoms with van der Waals surface area (Å²) in [4.78, 5) is 11.0. The summed E-state index contributed by atoms with van der Waals surface area (Å²) in [5.41, 5.74) is 1.96. The van der Waals surface area contributed by atoms with Gasteiger partial charge in [-0.2, -0.15) is 5.10 Å². The molecule has 5 nitrogen and oxygen atoms in total. The number of aromatic carboxylic acids is 1. The Morgan fingerprint density at radius 3 is 2.58 bits per heavy atom. The summed E-state index contributed by atoms with van der Waals surface area (Å²) in [7, 11) is 0. The largest absolute Gasteiger partial charge is 0.487 e. The summed E-state index contributed by atoms with van der Waals surface area (Å²) in [5.74, 6) is -0.232. The van der Waals surface area contributed by atoms with Gasteiger partial charge in [-0.15, -0.1) is 0 Å². The van der Waals surface area contributed by atoms with Gasteiger partial charge in [0, 0.05) is 6.54 Å². The van der Waals surface area contributed by atoms with E-state index in [2.05, 4.69) is 5.10 Å². The van der Waals surface area contributed by atoms with Crippen molar-refractivity contribution in [2.45, 2.75) is 27.0 Å². The van der Waals surface area contributed by atoms with Crippen LogP contribution < -0.4 is 4.74 Å². The zero-order valence-corrected chi connectivity index (χ0v) is 11.0. The first-order valence-corrected chi connectivity index (χ1v) is 6.09. The summed E-state index contributed by atoms with van der Waals surface area (Å²) in [5, 5.41) is 13.2. The third kappa shape index (κ3) is 3.13. The minimum Gasteiger partial charge on any atom is -0.487 e. The predicted octanol–water partition coefficient (Wildman–Crippen LogP) is 2.49. The summed E-state index contributed by atoms with van der Waals surface area (Å²) in [6.07, 6.45) is 0. The highest BCUT2D eigenvalue weighted by Gasteiger charge is 2.13. The van der Waals surface area contributed by atoms with Crippen molar-refractivity contribution in [3.8, 4) is 5.75 Å². The normalized spacial score (nSPS) is 10.4. The molecule has 0 saturated heterocycles. The van der Waals surface area contributed by atoms with Crippen LogP contribution in [0.25, 0.3) is 0 Å². The van der Waals surface area contributed by atoms with E-state index in [1.807, 2.05) is 38.1 Å². The van der Waals surface area contributed by atoms with Crippen LogP contribution in [0.1, 0.15) is 28.7 Å². The molecule has 1 N–H and O–H groups in total. The van der Waals surface area contributed by atoms with E-state index < -0.39 is 5.97 Å². The molecule has 0 aliphatic rings. The smallest absolute Gasteiger partial charge is 0.354 e. The average molecular weight is 260 g/mol. The second-order valence-corrected chi connectivity index (χ2v) is 4.24. The van der Waals surface area contributed by atoms with Gasteiger partial charge in [0.1, 0.15) is 23.7 Å². The van der Waals surface area contributed by atoms with Crippen LogP contribution in [0.3, 0.4) is 0 Å². The van der Waals surface area contributed by atoms with Crippen molar-refractivity contribution in [2.24, 2.45) is 0 Å². The number of carboxylic acids is 1. The molecule has 1 heterocycles. The molecule has 1 aromatic carbocycles. The Labute approximate surface area is 111 Å². The van der Waals surface area contributed by atoms with Gasteiger partial charge in [-0.05, 0) is 32.0 Å². The number of hydrogen-bond acceptors (Lipinski definition) is 3. The second kappa shape index (κ2) is 5.56. The van der Waals surface area contributed by atoms with Gasteiger partial charge in [0.05, 0.1) is 0 Å². The third-order valence-corrected chi connectivity index (χ3v) is 2.76. The summed E-state index contributed by atoms with van der Waals surface area (Å²) in [6.45, 7) is 4.64. The van der Waals surface area contributed by atoms with Crippen molar-refractivity contribution in [3.63, 3.8) is 0 Å². The monoisotopic (exact) mass is 260 g/mol. The molecular weight excluding hydrogens is 244 g/mol. The number of carboxylic acid groups (broad SMARTS) is 1. The molecular formula is C14H16N2O3. The molecule has 5 heteroatoms. The molecule has 2 aromatic rings. The molecule has 19 heavy (non-hydrogen) atoms. The second-order valence-electron chi connectivity index (χ2n) is 4.24. The lowest BCUT2D eigenvalue weighted by Gasteiger charge is -2.04. The van der Waals surface area contributed by atoms with E-state index in [4.69, 9.17) is 9.84 Å². The van der Waals surface area contributed by atoms with Gasteiger partial charge in [0.25, 0.3) is 0 Å². The summed E-state index contributed by atoms with van der Waals surface area (Å²) >= 11 is 0. The minimum atomic E-state index is -0.976. The van der Waals surface area contributed by atoms with Crippen molar-refractivity contribution in [2.75, 3.05) is 0 Å². The van der Waals surface area contributed by atoms with Crippen molar-refractivity contribution in [1.82, 2.24) is 9.78 Å². The fraction of sp³-hybridized carbons (Fsp3) is 0.286. The van der Waals surface area contributed by atoms with E-state index in [0.29, 0.717) is 12.2 Å². The average Bonchev–Trinajstić information content (AvgIpc) is 2.81. The molecule has 0 saturated carbocycles. The molecule has 0 unspecified atom stereocenters. The Bertz CT molecular complexity index is 573. The van der Waals surface area contributed by atoms with Crippen LogP contribution in [0.15, 0.2) is 30.3 Å². The molecule has 0 bridgehead atoms. The molecule has 0 atom stereocenters. The standard InChI is InChI=1S/C14H16N2O3/c1-3-16-13(14(17)18)8-11(15-16)9-19-12-6-4-10(2)5-7-12/h4-8H,3,9H2,1-2H3,(H,17,18). The van der Waals surface area contributed by atoms with Crippen LogP contribution in [0.5, 0.6) is 5.75 Å². The van der Waals surface area contributed by atoms with Gasteiger partial charge in [-0.3, -0.25) is 4.68 Å². The number of rotatable bonds is 5. The number of benzene rings is 1. The van der Waals surface area contributed by atoms with Gasteiger partial charge in [-0.1, -0.05) is 17.7 Å². The molecule has 1 aromatic heterocycles. The minimum absolute atomic E-state index is 0.185. The number of aromatic nitrogens is 2. The van der Waals surface area contributed by atoms with Crippen LogP contribution in [-0.4, -0.2) is 20.9 Å². The van der Waals surface area contributed by atoms with Crippen LogP contribution in [0.2, 0.25) is 0 Å². The Balaban J connectivity index is 2.07. The molecule has 0 radical (unpaired) electrons. The van der Waals surface area contributed by atoms with Gasteiger partial charge in [0.15, 0.2) is 0 Å².